The summed E-state index contributed by atoms with van der Waals surface area (Å²) in [6.45, 7) is 2.82. The van der Waals surface area contributed by atoms with Gasteiger partial charge < -0.3 is 9.26 Å². The molecule has 2 aromatic rings. The van der Waals surface area contributed by atoms with Crippen molar-refractivity contribution in [3.05, 3.63) is 41.1 Å². The molecule has 0 fully saturated rings. The largest absolute Gasteiger partial charge is 0.494 e. The molecule has 1 aliphatic rings. The molecule has 116 valence electrons. The Morgan fingerprint density at radius 3 is 2.91 bits per heavy atom. The monoisotopic (exact) mass is 300 g/mol. The molecular weight excluding hydrogens is 280 g/mol. The van der Waals surface area contributed by atoms with E-state index >= 15 is 0 Å². The molecule has 0 radical (unpaired) electrons. The van der Waals surface area contributed by atoms with Gasteiger partial charge in [-0.05, 0) is 49.9 Å². The van der Waals surface area contributed by atoms with Crippen LogP contribution in [-0.2, 0) is 12.8 Å². The van der Waals surface area contributed by atoms with Crippen molar-refractivity contribution in [1.82, 2.24) is 5.16 Å². The number of anilines is 1. The summed E-state index contributed by atoms with van der Waals surface area (Å²) < 4.78 is 10.8. The lowest BCUT2D eigenvalue weighted by Crippen LogP contribution is -2.12. The van der Waals surface area contributed by atoms with Crippen molar-refractivity contribution in [2.24, 2.45) is 0 Å². The quantitative estimate of drug-likeness (QED) is 0.828. The van der Waals surface area contributed by atoms with Crippen LogP contribution in [0.4, 0.5) is 5.88 Å². The lowest BCUT2D eigenvalue weighted by molar-refractivity contribution is 0.102. The van der Waals surface area contributed by atoms with Crippen LogP contribution in [0.1, 0.15) is 47.8 Å². The van der Waals surface area contributed by atoms with Gasteiger partial charge in [0.15, 0.2) is 0 Å². The van der Waals surface area contributed by atoms with Gasteiger partial charge in [0.25, 0.3) is 5.91 Å². The van der Waals surface area contributed by atoms with Gasteiger partial charge in [-0.25, -0.2) is 0 Å². The minimum absolute atomic E-state index is 0.189. The minimum atomic E-state index is -0.189. The van der Waals surface area contributed by atoms with E-state index in [9.17, 15) is 4.79 Å². The van der Waals surface area contributed by atoms with Crippen LogP contribution in [-0.4, -0.2) is 17.7 Å². The lowest BCUT2D eigenvalue weighted by Gasteiger charge is -2.06. The molecule has 1 aliphatic carbocycles. The maximum atomic E-state index is 12.2. The van der Waals surface area contributed by atoms with Crippen LogP contribution >= 0.6 is 0 Å². The van der Waals surface area contributed by atoms with Crippen molar-refractivity contribution >= 4 is 11.8 Å². The number of amides is 1. The highest BCUT2D eigenvalue weighted by molar-refractivity contribution is 6.04. The Balaban J connectivity index is 1.62. The standard InChI is InChI=1S/C17H20N2O3/c1-2-3-11-21-13-9-7-12(8-10-13)16(20)18-17-14-5-4-6-15(14)19-22-17/h7-10H,2-6,11H2,1H3,(H,18,20). The molecule has 0 spiro atoms. The maximum absolute atomic E-state index is 12.2. The van der Waals surface area contributed by atoms with Crippen molar-refractivity contribution < 1.29 is 14.1 Å². The molecule has 3 rings (SSSR count). The van der Waals surface area contributed by atoms with E-state index in [1.54, 1.807) is 12.1 Å². The van der Waals surface area contributed by atoms with Gasteiger partial charge in [0.1, 0.15) is 5.75 Å². The summed E-state index contributed by atoms with van der Waals surface area (Å²) in [5.74, 6) is 1.08. The third-order valence-corrected chi connectivity index (χ3v) is 3.82. The number of nitrogens with one attached hydrogen (secondary N) is 1. The van der Waals surface area contributed by atoms with Gasteiger partial charge in [-0.3, -0.25) is 10.1 Å². The third-order valence-electron chi connectivity index (χ3n) is 3.82. The van der Waals surface area contributed by atoms with Crippen LogP contribution in [0, 0.1) is 0 Å². The first-order valence-corrected chi connectivity index (χ1v) is 7.79. The van der Waals surface area contributed by atoms with Crippen LogP contribution in [0.3, 0.4) is 0 Å². The zero-order valence-electron chi connectivity index (χ0n) is 12.7. The van der Waals surface area contributed by atoms with E-state index in [1.165, 1.54) is 0 Å². The molecule has 0 bridgehead atoms. The van der Waals surface area contributed by atoms with Crippen molar-refractivity contribution in [3.63, 3.8) is 0 Å². The van der Waals surface area contributed by atoms with Crippen LogP contribution < -0.4 is 10.1 Å². The highest BCUT2D eigenvalue weighted by Gasteiger charge is 2.22. The number of carbonyl (C=O) groups is 1. The Kier molecular flexibility index (Phi) is 4.42. The molecule has 1 amide bonds. The topological polar surface area (TPSA) is 64.4 Å². The number of carbonyl (C=O) groups excluding carboxylic acids is 1. The van der Waals surface area contributed by atoms with Crippen LogP contribution in [0.2, 0.25) is 0 Å². The molecule has 22 heavy (non-hydrogen) atoms. The first-order valence-electron chi connectivity index (χ1n) is 7.79. The van der Waals surface area contributed by atoms with Gasteiger partial charge in [-0.1, -0.05) is 18.5 Å². The molecule has 1 heterocycles. The molecule has 0 atom stereocenters. The maximum Gasteiger partial charge on any atom is 0.258 e. The van der Waals surface area contributed by atoms with E-state index in [-0.39, 0.29) is 5.91 Å². The normalized spacial score (nSPS) is 13.0. The molecule has 5 heteroatoms. The average molecular weight is 300 g/mol. The van der Waals surface area contributed by atoms with Gasteiger partial charge in [0, 0.05) is 11.1 Å². The van der Waals surface area contributed by atoms with E-state index < -0.39 is 0 Å². The van der Waals surface area contributed by atoms with Crippen LogP contribution in [0.5, 0.6) is 5.75 Å². The number of ether oxygens (including phenoxy) is 1. The van der Waals surface area contributed by atoms with Crippen molar-refractivity contribution in [2.75, 3.05) is 11.9 Å². The predicted molar refractivity (Wildman–Crippen MR) is 83.3 cm³/mol. The highest BCUT2D eigenvalue weighted by Crippen LogP contribution is 2.28. The summed E-state index contributed by atoms with van der Waals surface area (Å²) in [5.41, 5.74) is 2.58. The molecule has 0 saturated carbocycles. The number of aromatic nitrogens is 1. The second-order valence-corrected chi connectivity index (χ2v) is 5.47. The fraction of sp³-hybridized carbons (Fsp3) is 0.412. The number of aryl methyl sites for hydroxylation is 1. The van der Waals surface area contributed by atoms with E-state index in [0.29, 0.717) is 18.1 Å². The third kappa shape index (κ3) is 3.13. The van der Waals surface area contributed by atoms with E-state index in [4.69, 9.17) is 9.26 Å². The van der Waals surface area contributed by atoms with Gasteiger partial charge in [0.05, 0.1) is 12.3 Å². The minimum Gasteiger partial charge on any atom is -0.494 e. The molecule has 1 N–H and O–H groups in total. The number of benzene rings is 1. The van der Waals surface area contributed by atoms with Crippen LogP contribution in [0.25, 0.3) is 0 Å². The number of hydrogen-bond donors (Lipinski definition) is 1. The summed E-state index contributed by atoms with van der Waals surface area (Å²) in [4.78, 5) is 12.2. The van der Waals surface area contributed by atoms with E-state index in [0.717, 1.165) is 49.1 Å². The zero-order chi connectivity index (χ0) is 15.4. The number of fused-ring (bicyclic) bond motifs is 1. The van der Waals surface area contributed by atoms with E-state index in [1.807, 2.05) is 12.1 Å². The Morgan fingerprint density at radius 1 is 1.32 bits per heavy atom. The van der Waals surface area contributed by atoms with E-state index in [2.05, 4.69) is 17.4 Å². The van der Waals surface area contributed by atoms with Gasteiger partial charge in [-0.2, -0.15) is 0 Å². The Bertz CT molecular complexity index is 646. The fourth-order valence-corrected chi connectivity index (χ4v) is 2.54. The highest BCUT2D eigenvalue weighted by atomic mass is 16.5. The smallest absolute Gasteiger partial charge is 0.258 e. The van der Waals surface area contributed by atoms with Gasteiger partial charge in [0.2, 0.25) is 5.88 Å². The number of unbranched alkanes of at least 4 members (excludes halogenated alkanes) is 1. The Labute approximate surface area is 129 Å². The molecule has 1 aromatic carbocycles. The average Bonchev–Trinajstić information content (AvgIpc) is 3.13. The Hall–Kier alpha value is -2.30. The van der Waals surface area contributed by atoms with Crippen LogP contribution in [0.15, 0.2) is 28.8 Å². The summed E-state index contributed by atoms with van der Waals surface area (Å²) in [5, 5.41) is 6.79. The van der Waals surface area contributed by atoms with Crippen molar-refractivity contribution in [3.8, 4) is 5.75 Å². The zero-order valence-corrected chi connectivity index (χ0v) is 12.7. The predicted octanol–water partition coefficient (Wildman–Crippen LogP) is 3.59. The van der Waals surface area contributed by atoms with Gasteiger partial charge in [-0.15, -0.1) is 0 Å². The van der Waals surface area contributed by atoms with Crippen molar-refractivity contribution in [2.45, 2.75) is 39.0 Å². The molecule has 1 aromatic heterocycles. The molecular formula is C17H20N2O3. The van der Waals surface area contributed by atoms with Gasteiger partial charge >= 0.3 is 0 Å². The summed E-state index contributed by atoms with van der Waals surface area (Å²) >= 11 is 0. The fourth-order valence-electron chi connectivity index (χ4n) is 2.54. The summed E-state index contributed by atoms with van der Waals surface area (Å²) in [6, 6.07) is 7.14. The molecule has 5 nitrogen and oxygen atoms in total. The second kappa shape index (κ2) is 6.64. The summed E-state index contributed by atoms with van der Waals surface area (Å²) in [6.07, 6.45) is 5.04. The summed E-state index contributed by atoms with van der Waals surface area (Å²) in [7, 11) is 0. The van der Waals surface area contributed by atoms with Crippen molar-refractivity contribution in [1.29, 1.82) is 0 Å². The Morgan fingerprint density at radius 2 is 2.14 bits per heavy atom. The SMILES string of the molecule is CCCCOc1ccc(C(=O)Nc2onc3c2CCC3)cc1. The number of nitrogens with zero attached hydrogens (tertiary/aromatic N) is 1. The first-order chi connectivity index (χ1) is 10.8. The second-order valence-electron chi connectivity index (χ2n) is 5.47. The first kappa shape index (κ1) is 14.6. The lowest BCUT2D eigenvalue weighted by atomic mass is 10.2. The number of rotatable bonds is 6. The number of hydrogen-bond acceptors (Lipinski definition) is 4. The molecule has 0 aliphatic heterocycles. The molecule has 0 saturated heterocycles. The molecule has 0 unspecified atom stereocenters.